The summed E-state index contributed by atoms with van der Waals surface area (Å²) in [7, 11) is 2.09. The molecule has 9 nitrogen and oxygen atoms in total. The maximum Gasteiger partial charge on any atom is 0.257 e. The molecule has 1 fully saturated rings. The number of hydrogen-bond donors (Lipinski definition) is 2. The molecule has 0 saturated carbocycles. The van der Waals surface area contributed by atoms with Crippen LogP contribution < -0.4 is 10.2 Å². The van der Waals surface area contributed by atoms with E-state index in [2.05, 4.69) is 32.2 Å². The monoisotopic (exact) mass is 556 g/mol. The Balaban J connectivity index is 1.34. The summed E-state index contributed by atoms with van der Waals surface area (Å²) in [6, 6.07) is 12.8. The van der Waals surface area contributed by atoms with Gasteiger partial charge in [-0.25, -0.2) is 9.67 Å². The van der Waals surface area contributed by atoms with E-state index in [0.29, 0.717) is 29.1 Å². The summed E-state index contributed by atoms with van der Waals surface area (Å²) in [5.41, 5.74) is 6.30. The van der Waals surface area contributed by atoms with Crippen LogP contribution in [0.5, 0.6) is 5.75 Å². The maximum atomic E-state index is 13.4. The van der Waals surface area contributed by atoms with Crippen LogP contribution in [0.25, 0.3) is 16.9 Å². The number of rotatable bonds is 5. The fraction of sp³-hybridized carbons (Fsp3) is 0.267. The van der Waals surface area contributed by atoms with Crippen LogP contribution in [0.2, 0.25) is 5.02 Å². The number of halogens is 1. The van der Waals surface area contributed by atoms with Crippen molar-refractivity contribution in [2.75, 3.05) is 43.4 Å². The number of pyridine rings is 1. The summed E-state index contributed by atoms with van der Waals surface area (Å²) in [6.07, 6.45) is 3.71. The third kappa shape index (κ3) is 4.71. The van der Waals surface area contributed by atoms with Crippen molar-refractivity contribution in [1.82, 2.24) is 19.7 Å². The Hall–Kier alpha value is -4.21. The first-order valence-electron chi connectivity index (χ1n) is 13.2. The van der Waals surface area contributed by atoms with Crippen molar-refractivity contribution in [1.29, 1.82) is 0 Å². The van der Waals surface area contributed by atoms with E-state index in [0.717, 1.165) is 72.7 Å². The van der Waals surface area contributed by atoms with Crippen LogP contribution in [0.3, 0.4) is 0 Å². The standard InChI is InChI=1S/C30H29ClN6O3/c1-18-3-7-21(14-27(18)39)37-29-22(26(17-38)34-37)8-5-19-4-6-20(13-23(19)29)33-30(40)24-15-28(32-16-25(24)31)36-11-9-35(2)10-12-36/h3-4,6-7,13-17,39H,5,8-12H2,1-2H3,(H,33,40). The second kappa shape index (κ2) is 10.4. The lowest BCUT2D eigenvalue weighted by Crippen LogP contribution is -2.44. The number of fused-ring (bicyclic) bond motifs is 3. The molecule has 10 heteroatoms. The van der Waals surface area contributed by atoms with Gasteiger partial charge < -0.3 is 20.2 Å². The zero-order valence-electron chi connectivity index (χ0n) is 22.3. The quantitative estimate of drug-likeness (QED) is 0.348. The molecular formula is C30H29ClN6O3. The number of nitrogens with zero attached hydrogens (tertiary/aromatic N) is 5. The molecule has 2 aromatic heterocycles. The highest BCUT2D eigenvalue weighted by Crippen LogP contribution is 2.39. The Kier molecular flexibility index (Phi) is 6.77. The molecule has 6 rings (SSSR count). The van der Waals surface area contributed by atoms with Crippen molar-refractivity contribution in [3.8, 4) is 22.7 Å². The lowest BCUT2D eigenvalue weighted by atomic mass is 9.88. The molecule has 204 valence electrons. The van der Waals surface area contributed by atoms with Gasteiger partial charge in [0.15, 0.2) is 6.29 Å². The van der Waals surface area contributed by atoms with Crippen LogP contribution in [0.15, 0.2) is 48.7 Å². The molecule has 40 heavy (non-hydrogen) atoms. The summed E-state index contributed by atoms with van der Waals surface area (Å²) in [5, 5.41) is 18.2. The van der Waals surface area contributed by atoms with Gasteiger partial charge in [0.05, 0.1) is 22.0 Å². The number of aromatic hydroxyl groups is 1. The third-order valence-corrected chi connectivity index (χ3v) is 8.04. The molecule has 0 radical (unpaired) electrons. The fourth-order valence-corrected chi connectivity index (χ4v) is 5.55. The third-order valence-electron chi connectivity index (χ3n) is 7.74. The fourth-order valence-electron chi connectivity index (χ4n) is 5.36. The number of likely N-dealkylation sites (N-methyl/N-ethyl adjacent to an activating group) is 1. The zero-order chi connectivity index (χ0) is 28.0. The normalized spacial score (nSPS) is 14.9. The topological polar surface area (TPSA) is 104 Å². The minimum Gasteiger partial charge on any atom is -0.508 e. The summed E-state index contributed by atoms with van der Waals surface area (Å²) >= 11 is 6.42. The first-order chi connectivity index (χ1) is 19.3. The number of hydrogen-bond acceptors (Lipinski definition) is 7. The van der Waals surface area contributed by atoms with Crippen LogP contribution >= 0.6 is 11.6 Å². The van der Waals surface area contributed by atoms with E-state index in [1.165, 1.54) is 6.20 Å². The number of aldehydes is 1. The number of aromatic nitrogens is 3. The van der Waals surface area contributed by atoms with Crippen LogP contribution in [-0.4, -0.2) is 70.2 Å². The second-order valence-corrected chi connectivity index (χ2v) is 10.8. The number of carbonyl (C=O) groups is 2. The van der Waals surface area contributed by atoms with Gasteiger partial charge in [0.25, 0.3) is 5.91 Å². The molecule has 2 N–H and O–H groups in total. The summed E-state index contributed by atoms with van der Waals surface area (Å²) < 4.78 is 1.70. The van der Waals surface area contributed by atoms with Gasteiger partial charge in [-0.2, -0.15) is 5.10 Å². The lowest BCUT2D eigenvalue weighted by Gasteiger charge is -2.33. The van der Waals surface area contributed by atoms with Crippen molar-refractivity contribution < 1.29 is 14.7 Å². The average Bonchev–Trinajstić information content (AvgIpc) is 3.34. The second-order valence-electron chi connectivity index (χ2n) is 10.4. The molecule has 0 spiro atoms. The van der Waals surface area contributed by atoms with Gasteiger partial charge in [-0.1, -0.05) is 23.7 Å². The van der Waals surface area contributed by atoms with Gasteiger partial charge in [0, 0.05) is 55.3 Å². The molecule has 2 aromatic carbocycles. The first-order valence-corrected chi connectivity index (χ1v) is 13.6. The zero-order valence-corrected chi connectivity index (χ0v) is 23.1. The summed E-state index contributed by atoms with van der Waals surface area (Å²) in [5.74, 6) is 0.547. The number of carbonyl (C=O) groups excluding carboxylic acids is 2. The molecular weight excluding hydrogens is 528 g/mol. The number of nitrogens with one attached hydrogen (secondary N) is 1. The highest BCUT2D eigenvalue weighted by atomic mass is 35.5. The number of anilines is 2. The van der Waals surface area contributed by atoms with Crippen LogP contribution in [0.1, 0.15) is 37.5 Å². The largest absolute Gasteiger partial charge is 0.508 e. The minimum absolute atomic E-state index is 0.150. The molecule has 0 bridgehead atoms. The van der Waals surface area contributed by atoms with E-state index in [1.807, 2.05) is 37.3 Å². The number of phenols is 1. The van der Waals surface area contributed by atoms with Gasteiger partial charge in [-0.3, -0.25) is 9.59 Å². The van der Waals surface area contributed by atoms with Crippen LogP contribution in [-0.2, 0) is 12.8 Å². The average molecular weight is 557 g/mol. The van der Waals surface area contributed by atoms with E-state index in [-0.39, 0.29) is 16.7 Å². The molecule has 3 heterocycles. The number of piperazine rings is 1. The van der Waals surface area contributed by atoms with E-state index < -0.39 is 0 Å². The smallest absolute Gasteiger partial charge is 0.257 e. The van der Waals surface area contributed by atoms with Gasteiger partial charge in [0.2, 0.25) is 0 Å². The van der Waals surface area contributed by atoms with Crippen LogP contribution in [0, 0.1) is 6.92 Å². The minimum atomic E-state index is -0.329. The Morgan fingerprint density at radius 2 is 1.88 bits per heavy atom. The highest BCUT2D eigenvalue weighted by Gasteiger charge is 2.27. The van der Waals surface area contributed by atoms with E-state index in [1.54, 1.807) is 16.8 Å². The predicted molar refractivity (Wildman–Crippen MR) is 155 cm³/mol. The maximum absolute atomic E-state index is 13.4. The molecule has 0 atom stereocenters. The first kappa shape index (κ1) is 26.0. The van der Waals surface area contributed by atoms with E-state index in [4.69, 9.17) is 11.6 Å². The number of aryl methyl sites for hydroxylation is 2. The molecule has 1 saturated heterocycles. The summed E-state index contributed by atoms with van der Waals surface area (Å²) in [6.45, 7) is 5.33. The van der Waals surface area contributed by atoms with Gasteiger partial charge in [0.1, 0.15) is 17.3 Å². The van der Waals surface area contributed by atoms with Gasteiger partial charge in [-0.05, 0) is 62.2 Å². The van der Waals surface area contributed by atoms with Crippen molar-refractivity contribution in [3.63, 3.8) is 0 Å². The Bertz CT molecular complexity index is 1640. The number of benzene rings is 2. The lowest BCUT2D eigenvalue weighted by molar-refractivity contribution is 0.102. The Morgan fingerprint density at radius 3 is 2.62 bits per heavy atom. The van der Waals surface area contributed by atoms with E-state index in [9.17, 15) is 14.7 Å². The summed E-state index contributed by atoms with van der Waals surface area (Å²) in [4.78, 5) is 34.2. The molecule has 1 aliphatic carbocycles. The van der Waals surface area contributed by atoms with Crippen LogP contribution in [0.4, 0.5) is 11.5 Å². The highest BCUT2D eigenvalue weighted by molar-refractivity contribution is 6.34. The number of amides is 1. The van der Waals surface area contributed by atoms with Crippen molar-refractivity contribution in [3.05, 3.63) is 81.6 Å². The van der Waals surface area contributed by atoms with Gasteiger partial charge in [-0.15, -0.1) is 0 Å². The molecule has 1 amide bonds. The van der Waals surface area contributed by atoms with Crippen molar-refractivity contribution in [2.24, 2.45) is 0 Å². The molecule has 4 aromatic rings. The van der Waals surface area contributed by atoms with Gasteiger partial charge >= 0.3 is 0 Å². The number of phenolic OH excluding ortho intramolecular Hbond substituents is 1. The Labute approximate surface area is 237 Å². The van der Waals surface area contributed by atoms with E-state index >= 15 is 0 Å². The molecule has 0 unspecified atom stereocenters. The molecule has 2 aliphatic rings. The van der Waals surface area contributed by atoms with Crippen molar-refractivity contribution >= 4 is 35.3 Å². The predicted octanol–water partition coefficient (Wildman–Crippen LogP) is 4.52. The molecule has 1 aliphatic heterocycles. The SMILES string of the molecule is Cc1ccc(-n2nc(C=O)c3c2-c2cc(NC(=O)c4cc(N5CCN(C)CC5)ncc4Cl)ccc2CC3)cc1O. The Morgan fingerprint density at radius 1 is 1.07 bits per heavy atom. The van der Waals surface area contributed by atoms with Crippen molar-refractivity contribution in [2.45, 2.75) is 19.8 Å².